The Morgan fingerprint density at radius 1 is 1.25 bits per heavy atom. The highest BCUT2D eigenvalue weighted by atomic mass is 15.7. The smallest absolute Gasteiger partial charge is 0.221 e. The Hall–Kier alpha value is -1.97. The summed E-state index contributed by atoms with van der Waals surface area (Å²) in [6.07, 6.45) is 3.54. The molecular formula is C21H25N3+2. The Labute approximate surface area is 144 Å². The summed E-state index contributed by atoms with van der Waals surface area (Å²) in [4.78, 5) is 4.83. The van der Waals surface area contributed by atoms with Gasteiger partial charge in [0.25, 0.3) is 5.82 Å². The van der Waals surface area contributed by atoms with Crippen molar-refractivity contribution in [3.63, 3.8) is 0 Å². The van der Waals surface area contributed by atoms with Crippen molar-refractivity contribution in [3.8, 4) is 0 Å². The molecule has 0 radical (unpaired) electrons. The van der Waals surface area contributed by atoms with Gasteiger partial charge in [-0.05, 0) is 31.1 Å². The second-order valence-electron chi connectivity index (χ2n) is 8.23. The fourth-order valence-corrected chi connectivity index (χ4v) is 6.24. The van der Waals surface area contributed by atoms with Crippen LogP contribution < -0.4 is 8.97 Å². The summed E-state index contributed by atoms with van der Waals surface area (Å²) in [5, 5.41) is 0. The Morgan fingerprint density at radius 2 is 2.04 bits per heavy atom. The minimum absolute atomic E-state index is 0.172. The molecule has 1 aromatic heterocycles. The number of fused-ring (bicyclic) bond motifs is 5. The van der Waals surface area contributed by atoms with Crippen LogP contribution in [0.4, 0.5) is 17.2 Å². The lowest BCUT2D eigenvalue weighted by Crippen LogP contribution is -2.83. The molecule has 5 rings (SSSR count). The van der Waals surface area contributed by atoms with Crippen LogP contribution in [0, 0.1) is 12.3 Å². The number of nitrogens with zero attached hydrogens (tertiary/aromatic N) is 3. The molecule has 0 spiro atoms. The van der Waals surface area contributed by atoms with Crippen molar-refractivity contribution in [2.24, 2.45) is 5.41 Å². The van der Waals surface area contributed by atoms with Gasteiger partial charge in [-0.15, -0.1) is 0 Å². The van der Waals surface area contributed by atoms with Crippen LogP contribution in [-0.4, -0.2) is 31.8 Å². The van der Waals surface area contributed by atoms with E-state index in [1.165, 1.54) is 33.9 Å². The van der Waals surface area contributed by atoms with E-state index in [2.05, 4.69) is 64.9 Å². The maximum absolute atomic E-state index is 4.83. The van der Waals surface area contributed by atoms with E-state index in [0.29, 0.717) is 6.17 Å². The monoisotopic (exact) mass is 319 g/mol. The standard InChI is InChI=1S/C21H25N3/c1-6-21-13-23(4)19-18(8-7-11-22-19)24(5,20(21)23)17-10-9-14(2)12-16(17)15(21)3/h7-12,20H,3,6,13H2,1-2,4-5H3/q+2. The first-order valence-corrected chi connectivity index (χ1v) is 8.88. The SMILES string of the molecule is C=C1c2cc(C)ccc2[N+]2(C)c3cccnc3[N+]3(C)CC1(CC)C32. The molecule has 3 aliphatic heterocycles. The van der Waals surface area contributed by atoms with Crippen LogP contribution in [0.25, 0.3) is 5.57 Å². The summed E-state index contributed by atoms with van der Waals surface area (Å²) < 4.78 is 1.80. The van der Waals surface area contributed by atoms with Crippen molar-refractivity contribution in [1.29, 1.82) is 0 Å². The van der Waals surface area contributed by atoms with Crippen LogP contribution in [0.1, 0.15) is 24.5 Å². The van der Waals surface area contributed by atoms with Gasteiger partial charge in [0, 0.05) is 23.9 Å². The van der Waals surface area contributed by atoms with Crippen molar-refractivity contribution < 1.29 is 0 Å². The molecule has 4 atom stereocenters. The largest absolute Gasteiger partial charge is 0.295 e. The second kappa shape index (κ2) is 3.98. The van der Waals surface area contributed by atoms with Crippen molar-refractivity contribution in [2.75, 3.05) is 20.6 Å². The van der Waals surface area contributed by atoms with Gasteiger partial charge < -0.3 is 0 Å². The summed E-state index contributed by atoms with van der Waals surface area (Å²) in [7, 11) is 4.75. The van der Waals surface area contributed by atoms with Gasteiger partial charge in [0.15, 0.2) is 5.41 Å². The number of aryl methyl sites for hydroxylation is 1. The van der Waals surface area contributed by atoms with Crippen LogP contribution in [0.3, 0.4) is 0 Å². The Bertz CT molecular complexity index is 917. The Kier molecular flexibility index (Phi) is 2.39. The van der Waals surface area contributed by atoms with Crippen molar-refractivity contribution in [3.05, 3.63) is 54.2 Å². The summed E-state index contributed by atoms with van der Waals surface area (Å²) in [5.41, 5.74) is 6.93. The molecule has 4 unspecified atom stereocenters. The van der Waals surface area contributed by atoms with Gasteiger partial charge in [-0.1, -0.05) is 25.1 Å². The van der Waals surface area contributed by atoms with Gasteiger partial charge in [-0.3, -0.25) is 0 Å². The molecule has 3 nitrogen and oxygen atoms in total. The van der Waals surface area contributed by atoms with Crippen molar-refractivity contribution in [2.45, 2.75) is 26.4 Å². The van der Waals surface area contributed by atoms with Gasteiger partial charge in [-0.25, -0.2) is 8.97 Å². The summed E-state index contributed by atoms with van der Waals surface area (Å²) in [5.74, 6) is 1.25. The molecule has 0 amide bonds. The average molecular weight is 319 g/mol. The van der Waals surface area contributed by atoms with E-state index in [9.17, 15) is 0 Å². The van der Waals surface area contributed by atoms with E-state index in [1.807, 2.05) is 6.20 Å². The Balaban J connectivity index is 1.92. The number of hydrogen-bond donors (Lipinski definition) is 0. The van der Waals surface area contributed by atoms with Gasteiger partial charge in [-0.2, -0.15) is 4.98 Å². The molecule has 0 bridgehead atoms. The molecule has 4 heterocycles. The lowest BCUT2D eigenvalue weighted by Gasteiger charge is -2.62. The van der Waals surface area contributed by atoms with Crippen LogP contribution in [0.2, 0.25) is 0 Å². The molecule has 0 aliphatic carbocycles. The highest BCUT2D eigenvalue weighted by Crippen LogP contribution is 2.70. The number of hydrogen-bond acceptors (Lipinski definition) is 1. The highest BCUT2D eigenvalue weighted by Gasteiger charge is 2.81. The van der Waals surface area contributed by atoms with Gasteiger partial charge >= 0.3 is 0 Å². The number of rotatable bonds is 1. The zero-order valence-electron chi connectivity index (χ0n) is 15.0. The van der Waals surface area contributed by atoms with E-state index >= 15 is 0 Å². The average Bonchev–Trinajstić information content (AvgIpc) is 2.73. The molecular weight excluding hydrogens is 294 g/mol. The van der Waals surface area contributed by atoms with Crippen LogP contribution in [-0.2, 0) is 0 Å². The van der Waals surface area contributed by atoms with Gasteiger partial charge in [0.1, 0.15) is 12.2 Å². The molecule has 3 heteroatoms. The zero-order chi connectivity index (χ0) is 16.9. The lowest BCUT2D eigenvalue weighted by molar-refractivity contribution is -0.0599. The molecule has 1 aromatic carbocycles. The minimum Gasteiger partial charge on any atom is -0.221 e. The van der Waals surface area contributed by atoms with Crippen LogP contribution >= 0.6 is 0 Å². The molecule has 0 N–H and O–H groups in total. The quantitative estimate of drug-likeness (QED) is 0.711. The van der Waals surface area contributed by atoms with E-state index in [0.717, 1.165) is 21.9 Å². The van der Waals surface area contributed by atoms with Gasteiger partial charge in [0.05, 0.1) is 14.1 Å². The molecule has 3 aliphatic rings. The van der Waals surface area contributed by atoms with Crippen molar-refractivity contribution in [1.82, 2.24) is 14.0 Å². The van der Waals surface area contributed by atoms with E-state index in [-0.39, 0.29) is 5.41 Å². The molecule has 2 aromatic rings. The van der Waals surface area contributed by atoms with Crippen LogP contribution in [0.15, 0.2) is 43.1 Å². The maximum Gasteiger partial charge on any atom is 0.295 e. The number of benzene rings is 1. The summed E-state index contributed by atoms with van der Waals surface area (Å²) in [6, 6.07) is 11.3. The highest BCUT2D eigenvalue weighted by molar-refractivity contribution is 5.91. The molecule has 1 saturated heterocycles. The number of pyridine rings is 1. The fourth-order valence-electron chi connectivity index (χ4n) is 6.24. The predicted octanol–water partition coefficient (Wildman–Crippen LogP) is 4.37. The number of quaternary nitrogens is 2. The second-order valence-corrected chi connectivity index (χ2v) is 8.23. The first kappa shape index (κ1) is 14.4. The summed E-state index contributed by atoms with van der Waals surface area (Å²) >= 11 is 0. The first-order chi connectivity index (χ1) is 11.4. The molecule has 122 valence electrons. The minimum atomic E-state index is 0.172. The third-order valence-corrected chi connectivity index (χ3v) is 7.09. The third-order valence-electron chi connectivity index (χ3n) is 7.09. The van der Waals surface area contributed by atoms with Crippen molar-refractivity contribution >= 4 is 22.8 Å². The molecule has 1 fully saturated rings. The molecule has 0 saturated carbocycles. The van der Waals surface area contributed by atoms with E-state index in [4.69, 9.17) is 4.98 Å². The predicted molar refractivity (Wildman–Crippen MR) is 101 cm³/mol. The van der Waals surface area contributed by atoms with E-state index in [1.54, 1.807) is 0 Å². The van der Waals surface area contributed by atoms with Crippen LogP contribution in [0.5, 0.6) is 0 Å². The Morgan fingerprint density at radius 3 is 2.79 bits per heavy atom. The molecule has 24 heavy (non-hydrogen) atoms. The topological polar surface area (TPSA) is 12.9 Å². The normalized spacial score (nSPS) is 38.2. The third kappa shape index (κ3) is 1.22. The summed E-state index contributed by atoms with van der Waals surface area (Å²) in [6.45, 7) is 10.2. The number of aromatic nitrogens is 1. The first-order valence-electron chi connectivity index (χ1n) is 8.88. The van der Waals surface area contributed by atoms with Gasteiger partial charge in [0.2, 0.25) is 11.9 Å². The maximum atomic E-state index is 4.83. The lowest BCUT2D eigenvalue weighted by atomic mass is 9.62. The zero-order valence-corrected chi connectivity index (χ0v) is 15.0. The van der Waals surface area contributed by atoms with E-state index < -0.39 is 0 Å². The fraction of sp³-hybridized carbons (Fsp3) is 0.381.